The lowest BCUT2D eigenvalue weighted by Crippen LogP contribution is -2.23. The zero-order valence-electron chi connectivity index (χ0n) is 17.1. The van der Waals surface area contributed by atoms with Crippen LogP contribution in [-0.2, 0) is 4.74 Å². The fraction of sp³-hybridized carbons (Fsp3) is 0.478. The van der Waals surface area contributed by atoms with E-state index in [-0.39, 0.29) is 18.0 Å². The predicted octanol–water partition coefficient (Wildman–Crippen LogP) is 5.14. The first-order valence-corrected chi connectivity index (χ1v) is 10.1. The highest BCUT2D eigenvalue weighted by molar-refractivity contribution is 5.39. The largest absolute Gasteiger partial charge is 0.488 e. The summed E-state index contributed by atoms with van der Waals surface area (Å²) in [5, 5.41) is 3.39. The second kappa shape index (κ2) is 12.4. The van der Waals surface area contributed by atoms with Crippen LogP contribution in [0.4, 0.5) is 4.39 Å². The summed E-state index contributed by atoms with van der Waals surface area (Å²) < 4.78 is 30.5. The topological polar surface area (TPSA) is 39.7 Å². The van der Waals surface area contributed by atoms with Crippen molar-refractivity contribution in [3.63, 3.8) is 0 Å². The molecule has 0 aliphatic heterocycles. The summed E-state index contributed by atoms with van der Waals surface area (Å²) in [5.41, 5.74) is 1.02. The number of ether oxygens (including phenoxy) is 3. The first kappa shape index (κ1) is 22.2. The van der Waals surface area contributed by atoms with Gasteiger partial charge in [0.1, 0.15) is 12.4 Å². The molecule has 0 fully saturated rings. The van der Waals surface area contributed by atoms with Crippen LogP contribution in [0.2, 0.25) is 0 Å². The molecule has 0 aromatic heterocycles. The Kier molecular flexibility index (Phi) is 9.80. The molecule has 0 bridgehead atoms. The molecule has 1 N–H and O–H groups in total. The van der Waals surface area contributed by atoms with E-state index in [0.29, 0.717) is 13.2 Å². The number of halogens is 1. The third-order valence-corrected chi connectivity index (χ3v) is 4.18. The van der Waals surface area contributed by atoms with Gasteiger partial charge in [0.05, 0.1) is 12.2 Å². The summed E-state index contributed by atoms with van der Waals surface area (Å²) in [6.07, 6.45) is 1.97. The second-order valence-electron chi connectivity index (χ2n) is 6.85. The molecule has 2 rings (SSSR count). The van der Waals surface area contributed by atoms with Gasteiger partial charge in [-0.25, -0.2) is 4.39 Å². The van der Waals surface area contributed by atoms with Gasteiger partial charge in [-0.1, -0.05) is 24.3 Å². The first-order valence-electron chi connectivity index (χ1n) is 10.1. The van der Waals surface area contributed by atoms with Gasteiger partial charge in [-0.05, 0) is 70.0 Å². The van der Waals surface area contributed by atoms with Gasteiger partial charge in [0, 0.05) is 13.2 Å². The molecular weight excluding hydrogens is 357 g/mol. The van der Waals surface area contributed by atoms with E-state index in [9.17, 15) is 4.39 Å². The highest BCUT2D eigenvalue weighted by Crippen LogP contribution is 2.27. The molecule has 0 aliphatic rings. The van der Waals surface area contributed by atoms with Crippen molar-refractivity contribution in [2.24, 2.45) is 0 Å². The van der Waals surface area contributed by atoms with E-state index in [1.807, 2.05) is 45.0 Å². The maximum Gasteiger partial charge on any atom is 0.161 e. The molecule has 0 spiro atoms. The van der Waals surface area contributed by atoms with Crippen molar-refractivity contribution < 1.29 is 18.6 Å². The van der Waals surface area contributed by atoms with Crippen LogP contribution in [0.3, 0.4) is 0 Å². The molecule has 28 heavy (non-hydrogen) atoms. The quantitative estimate of drug-likeness (QED) is 0.482. The van der Waals surface area contributed by atoms with Crippen LogP contribution in [0.1, 0.15) is 45.3 Å². The molecule has 1 unspecified atom stereocenters. The van der Waals surface area contributed by atoms with E-state index in [0.717, 1.165) is 43.0 Å². The highest BCUT2D eigenvalue weighted by Gasteiger charge is 2.11. The molecule has 2 aromatic carbocycles. The molecule has 0 amide bonds. The number of nitrogens with one attached hydrogen (secondary N) is 1. The Morgan fingerprint density at radius 2 is 1.68 bits per heavy atom. The normalized spacial score (nSPS) is 12.2. The van der Waals surface area contributed by atoms with Crippen LogP contribution < -0.4 is 14.8 Å². The van der Waals surface area contributed by atoms with E-state index in [4.69, 9.17) is 14.2 Å². The molecule has 1 atom stereocenters. The second-order valence-corrected chi connectivity index (χ2v) is 6.85. The number of para-hydroxylation sites is 2. The van der Waals surface area contributed by atoms with Crippen molar-refractivity contribution in [2.75, 3.05) is 26.3 Å². The van der Waals surface area contributed by atoms with E-state index >= 15 is 0 Å². The lowest BCUT2D eigenvalue weighted by Gasteiger charge is -2.18. The lowest BCUT2D eigenvalue weighted by molar-refractivity contribution is 0.0547. The molecule has 154 valence electrons. The van der Waals surface area contributed by atoms with E-state index in [1.54, 1.807) is 12.1 Å². The van der Waals surface area contributed by atoms with Crippen molar-refractivity contribution in [2.45, 2.75) is 45.8 Å². The Morgan fingerprint density at radius 1 is 0.964 bits per heavy atom. The monoisotopic (exact) mass is 389 g/mol. The zero-order valence-corrected chi connectivity index (χ0v) is 17.1. The molecule has 0 saturated heterocycles. The maximum absolute atomic E-state index is 13.1. The van der Waals surface area contributed by atoms with Crippen LogP contribution in [-0.4, -0.2) is 32.4 Å². The van der Waals surface area contributed by atoms with Gasteiger partial charge in [-0.2, -0.15) is 0 Å². The number of hydrogen-bond acceptors (Lipinski definition) is 4. The maximum atomic E-state index is 13.1. The standard InChI is InChI=1S/C23H32FNO3/c1-4-26-21(19-11-13-20(24)14-12-19)10-7-15-25-16-17-27-22-8-5-6-9-23(22)28-18(2)3/h5-6,8-9,11-14,18,21,25H,4,7,10,15-17H2,1-3H3. The Morgan fingerprint density at radius 3 is 2.36 bits per heavy atom. The van der Waals surface area contributed by atoms with E-state index < -0.39 is 0 Å². The van der Waals surface area contributed by atoms with E-state index in [1.165, 1.54) is 12.1 Å². The minimum Gasteiger partial charge on any atom is -0.488 e. The minimum absolute atomic E-state index is 0.00343. The van der Waals surface area contributed by atoms with Crippen molar-refractivity contribution in [3.05, 3.63) is 59.9 Å². The van der Waals surface area contributed by atoms with Gasteiger partial charge in [0.15, 0.2) is 11.5 Å². The molecule has 2 aromatic rings. The molecule has 5 heteroatoms. The fourth-order valence-corrected chi connectivity index (χ4v) is 2.92. The average molecular weight is 390 g/mol. The van der Waals surface area contributed by atoms with Crippen molar-refractivity contribution in [1.82, 2.24) is 5.32 Å². The Hall–Kier alpha value is -2.11. The minimum atomic E-state index is -0.221. The summed E-state index contributed by atoms with van der Waals surface area (Å²) in [6.45, 7) is 8.82. The summed E-state index contributed by atoms with van der Waals surface area (Å²) >= 11 is 0. The van der Waals surface area contributed by atoms with Gasteiger partial charge in [-0.15, -0.1) is 0 Å². The van der Waals surface area contributed by atoms with Crippen molar-refractivity contribution >= 4 is 0 Å². The Labute approximate surface area is 168 Å². The van der Waals surface area contributed by atoms with Crippen LogP contribution in [0.25, 0.3) is 0 Å². The number of benzene rings is 2. The summed E-state index contributed by atoms with van der Waals surface area (Å²) in [4.78, 5) is 0. The summed E-state index contributed by atoms with van der Waals surface area (Å²) in [7, 11) is 0. The van der Waals surface area contributed by atoms with Gasteiger partial charge >= 0.3 is 0 Å². The molecule has 0 saturated carbocycles. The Bertz CT molecular complexity index is 676. The molecule has 4 nitrogen and oxygen atoms in total. The first-order chi connectivity index (χ1) is 13.6. The van der Waals surface area contributed by atoms with Crippen LogP contribution >= 0.6 is 0 Å². The van der Waals surface area contributed by atoms with Crippen LogP contribution in [0.5, 0.6) is 11.5 Å². The van der Waals surface area contributed by atoms with Crippen molar-refractivity contribution in [3.8, 4) is 11.5 Å². The predicted molar refractivity (Wildman–Crippen MR) is 111 cm³/mol. The molecule has 0 radical (unpaired) electrons. The SMILES string of the molecule is CCOC(CCCNCCOc1ccccc1OC(C)C)c1ccc(F)cc1. The summed E-state index contributed by atoms with van der Waals surface area (Å²) in [5.74, 6) is 1.32. The summed E-state index contributed by atoms with van der Waals surface area (Å²) in [6, 6.07) is 14.3. The fourth-order valence-electron chi connectivity index (χ4n) is 2.92. The number of rotatable bonds is 13. The van der Waals surface area contributed by atoms with Gasteiger partial charge in [0.2, 0.25) is 0 Å². The van der Waals surface area contributed by atoms with Gasteiger partial charge in [-0.3, -0.25) is 0 Å². The lowest BCUT2D eigenvalue weighted by atomic mass is 10.0. The van der Waals surface area contributed by atoms with E-state index in [2.05, 4.69) is 5.32 Å². The third kappa shape index (κ3) is 7.87. The van der Waals surface area contributed by atoms with Crippen LogP contribution in [0, 0.1) is 5.82 Å². The molecule has 0 heterocycles. The highest BCUT2D eigenvalue weighted by atomic mass is 19.1. The molecular formula is C23H32FNO3. The smallest absolute Gasteiger partial charge is 0.161 e. The molecule has 0 aliphatic carbocycles. The number of hydrogen-bond donors (Lipinski definition) is 1. The van der Waals surface area contributed by atoms with Crippen molar-refractivity contribution in [1.29, 1.82) is 0 Å². The van der Waals surface area contributed by atoms with Crippen LogP contribution in [0.15, 0.2) is 48.5 Å². The van der Waals surface area contributed by atoms with Gasteiger partial charge in [0.25, 0.3) is 0 Å². The Balaban J connectivity index is 1.66. The zero-order chi connectivity index (χ0) is 20.2. The average Bonchev–Trinajstić information content (AvgIpc) is 2.68. The third-order valence-electron chi connectivity index (χ3n) is 4.18. The van der Waals surface area contributed by atoms with Gasteiger partial charge < -0.3 is 19.5 Å².